The van der Waals surface area contributed by atoms with Gasteiger partial charge in [-0.3, -0.25) is 9.59 Å². The minimum Gasteiger partial charge on any atom is -0.393 e. The summed E-state index contributed by atoms with van der Waals surface area (Å²) in [5, 5.41) is 20.7. The van der Waals surface area contributed by atoms with Crippen LogP contribution in [0.5, 0.6) is 0 Å². The van der Waals surface area contributed by atoms with Crippen molar-refractivity contribution in [3.63, 3.8) is 0 Å². The Balaban J connectivity index is 0.000000317. The highest BCUT2D eigenvalue weighted by Gasteiger charge is 2.17. The number of rotatable bonds is 0. The van der Waals surface area contributed by atoms with Gasteiger partial charge in [0.05, 0.1) is 12.2 Å². The molecule has 2 rings (SSSR count). The quantitative estimate of drug-likeness (QED) is 0.565. The molecule has 124 valence electrons. The summed E-state index contributed by atoms with van der Waals surface area (Å²) >= 11 is 4.64. The fourth-order valence-electron chi connectivity index (χ4n) is 1.99. The van der Waals surface area contributed by atoms with Crippen LogP contribution >= 0.6 is 11.6 Å². The van der Waals surface area contributed by atoms with Crippen molar-refractivity contribution in [3.05, 3.63) is 0 Å². The number of carbonyl (C=O) groups excluding carboxylic acids is 2. The first-order valence-corrected chi connectivity index (χ1v) is 7.69. The molecule has 2 fully saturated rings. The summed E-state index contributed by atoms with van der Waals surface area (Å²) in [4.78, 5) is 21.7. The van der Waals surface area contributed by atoms with Crippen LogP contribution in [0.4, 0.5) is 0 Å². The van der Waals surface area contributed by atoms with E-state index in [4.69, 9.17) is 10.2 Å². The van der Waals surface area contributed by atoms with E-state index in [0.717, 1.165) is 51.9 Å². The van der Waals surface area contributed by atoms with Crippen LogP contribution in [0, 0.1) is 0 Å². The number of carbonyl (C=O) groups is 2. The number of piperidine rings is 2. The average Bonchev–Trinajstić information content (AvgIpc) is 2.40. The van der Waals surface area contributed by atoms with Crippen molar-refractivity contribution in [1.29, 1.82) is 0 Å². The third-order valence-electron chi connectivity index (χ3n) is 3.22. The van der Waals surface area contributed by atoms with E-state index in [1.54, 1.807) is 11.8 Å². The molecule has 0 bridgehead atoms. The van der Waals surface area contributed by atoms with E-state index in [-0.39, 0.29) is 23.4 Å². The van der Waals surface area contributed by atoms with Gasteiger partial charge in [0.1, 0.15) is 0 Å². The van der Waals surface area contributed by atoms with Gasteiger partial charge in [-0.25, -0.2) is 0 Å². The maximum atomic E-state index is 10.7. The third-order valence-corrected chi connectivity index (χ3v) is 3.22. The van der Waals surface area contributed by atoms with Crippen molar-refractivity contribution < 1.29 is 19.8 Å². The molecule has 21 heavy (non-hydrogen) atoms. The Morgan fingerprint density at radius 2 is 1.38 bits per heavy atom. The zero-order chi connectivity index (χ0) is 16.3. The minimum absolute atomic E-state index is 0.0266. The number of nitrogens with zero attached hydrogens (tertiary/aromatic N) is 1. The molecule has 0 radical (unpaired) electrons. The van der Waals surface area contributed by atoms with Crippen molar-refractivity contribution >= 4 is 22.8 Å². The largest absolute Gasteiger partial charge is 0.393 e. The Morgan fingerprint density at radius 1 is 1.00 bits per heavy atom. The summed E-state index contributed by atoms with van der Waals surface area (Å²) in [5.74, 6) is 0.118. The maximum absolute atomic E-state index is 10.7. The Kier molecular flexibility index (Phi) is 11.5. The summed E-state index contributed by atoms with van der Waals surface area (Å²) in [6, 6.07) is 0. The van der Waals surface area contributed by atoms with Gasteiger partial charge in [0.25, 0.3) is 0 Å². The van der Waals surface area contributed by atoms with Crippen LogP contribution in [0.2, 0.25) is 0 Å². The predicted molar refractivity (Wildman–Crippen MR) is 82.1 cm³/mol. The highest BCUT2D eigenvalue weighted by atomic mass is 35.5. The SMILES string of the molecule is CC(=O)Cl.CC(=O)N1CCC(O)CC1.OC1CCNCC1. The molecule has 0 spiro atoms. The molecule has 3 N–H and O–H groups in total. The van der Waals surface area contributed by atoms with Gasteiger partial charge >= 0.3 is 0 Å². The van der Waals surface area contributed by atoms with Crippen molar-refractivity contribution in [1.82, 2.24) is 10.2 Å². The third kappa shape index (κ3) is 12.7. The molecule has 0 aromatic carbocycles. The van der Waals surface area contributed by atoms with Crippen LogP contribution in [0.25, 0.3) is 0 Å². The fourth-order valence-corrected chi connectivity index (χ4v) is 1.99. The Morgan fingerprint density at radius 3 is 1.67 bits per heavy atom. The van der Waals surface area contributed by atoms with Gasteiger partial charge in [-0.15, -0.1) is 0 Å². The number of hydrogen-bond acceptors (Lipinski definition) is 5. The lowest BCUT2D eigenvalue weighted by Gasteiger charge is -2.28. The van der Waals surface area contributed by atoms with E-state index < -0.39 is 0 Å². The molecule has 6 nitrogen and oxygen atoms in total. The topological polar surface area (TPSA) is 89.9 Å². The Labute approximate surface area is 131 Å². The summed E-state index contributed by atoms with van der Waals surface area (Å²) in [6.07, 6.45) is 3.12. The number of halogens is 1. The van der Waals surface area contributed by atoms with E-state index in [1.165, 1.54) is 6.92 Å². The monoisotopic (exact) mass is 322 g/mol. The second kappa shape index (κ2) is 11.9. The van der Waals surface area contributed by atoms with E-state index in [9.17, 15) is 9.59 Å². The van der Waals surface area contributed by atoms with E-state index in [1.807, 2.05) is 0 Å². The first kappa shape index (κ1) is 20.3. The van der Waals surface area contributed by atoms with Crippen LogP contribution in [-0.4, -0.2) is 64.6 Å². The molecule has 2 saturated heterocycles. The normalized spacial score (nSPS) is 19.8. The molecule has 2 aliphatic heterocycles. The molecule has 7 heteroatoms. The van der Waals surface area contributed by atoms with Gasteiger partial charge < -0.3 is 20.4 Å². The molecule has 1 amide bonds. The Hall–Kier alpha value is -0.690. The second-order valence-corrected chi connectivity index (χ2v) is 5.72. The van der Waals surface area contributed by atoms with Crippen molar-refractivity contribution in [2.45, 2.75) is 51.7 Å². The number of aliphatic hydroxyl groups is 2. The van der Waals surface area contributed by atoms with E-state index in [2.05, 4.69) is 16.9 Å². The molecular formula is C14H27ClN2O4. The van der Waals surface area contributed by atoms with Crippen LogP contribution in [0.1, 0.15) is 39.5 Å². The molecule has 0 aromatic heterocycles. The van der Waals surface area contributed by atoms with Crippen molar-refractivity contribution in [2.75, 3.05) is 26.2 Å². The summed E-state index contributed by atoms with van der Waals surface area (Å²) in [6.45, 7) is 6.27. The second-order valence-electron chi connectivity index (χ2n) is 5.19. The van der Waals surface area contributed by atoms with Crippen LogP contribution < -0.4 is 5.32 Å². The van der Waals surface area contributed by atoms with E-state index >= 15 is 0 Å². The van der Waals surface area contributed by atoms with Crippen LogP contribution in [-0.2, 0) is 9.59 Å². The number of nitrogens with one attached hydrogen (secondary N) is 1. The Bertz CT molecular complexity index is 297. The molecule has 0 atom stereocenters. The molecule has 0 aromatic rings. The molecule has 2 heterocycles. The van der Waals surface area contributed by atoms with Gasteiger partial charge in [0, 0.05) is 26.9 Å². The average molecular weight is 323 g/mol. The van der Waals surface area contributed by atoms with E-state index in [0.29, 0.717) is 0 Å². The predicted octanol–water partition coefficient (Wildman–Crippen LogP) is 0.492. The maximum Gasteiger partial charge on any atom is 0.219 e. The highest BCUT2D eigenvalue weighted by molar-refractivity contribution is 6.62. The lowest BCUT2D eigenvalue weighted by molar-refractivity contribution is -0.130. The van der Waals surface area contributed by atoms with Gasteiger partial charge in [-0.2, -0.15) is 0 Å². The van der Waals surface area contributed by atoms with Crippen molar-refractivity contribution in [2.24, 2.45) is 0 Å². The summed E-state index contributed by atoms with van der Waals surface area (Å²) in [7, 11) is 0. The lowest BCUT2D eigenvalue weighted by Crippen LogP contribution is -2.38. The van der Waals surface area contributed by atoms with Gasteiger partial charge in [-0.05, 0) is 50.4 Å². The first-order valence-electron chi connectivity index (χ1n) is 7.31. The summed E-state index contributed by atoms with van der Waals surface area (Å²) in [5.41, 5.74) is 0. The number of likely N-dealkylation sites (tertiary alicyclic amines) is 1. The smallest absolute Gasteiger partial charge is 0.219 e. The summed E-state index contributed by atoms with van der Waals surface area (Å²) < 4.78 is 0. The first-order chi connectivity index (χ1) is 9.82. The molecular weight excluding hydrogens is 296 g/mol. The lowest BCUT2D eigenvalue weighted by atomic mass is 10.1. The molecule has 2 aliphatic rings. The van der Waals surface area contributed by atoms with Crippen molar-refractivity contribution in [3.8, 4) is 0 Å². The molecule has 0 aliphatic carbocycles. The standard InChI is InChI=1S/C7H13NO2.C5H11NO.C2H3ClO/c1-6(9)8-4-2-7(10)3-5-8;7-5-1-3-6-4-2-5;1-2(3)4/h7,10H,2-5H2,1H3;5-7H,1-4H2;1H3. The zero-order valence-electron chi connectivity index (χ0n) is 12.8. The highest BCUT2D eigenvalue weighted by Crippen LogP contribution is 2.09. The van der Waals surface area contributed by atoms with Crippen LogP contribution in [0.15, 0.2) is 0 Å². The fraction of sp³-hybridized carbons (Fsp3) is 0.857. The molecule has 0 saturated carbocycles. The number of aliphatic hydroxyl groups excluding tert-OH is 2. The molecule has 0 unspecified atom stereocenters. The van der Waals surface area contributed by atoms with Gasteiger partial charge in [0.15, 0.2) is 0 Å². The van der Waals surface area contributed by atoms with Gasteiger partial charge in [-0.1, -0.05) is 0 Å². The van der Waals surface area contributed by atoms with Gasteiger partial charge in [0.2, 0.25) is 11.1 Å². The zero-order valence-corrected chi connectivity index (χ0v) is 13.6. The number of hydrogen-bond donors (Lipinski definition) is 3. The van der Waals surface area contributed by atoms with Crippen LogP contribution in [0.3, 0.4) is 0 Å². The minimum atomic E-state index is -0.361. The number of amides is 1.